The predicted octanol–water partition coefficient (Wildman–Crippen LogP) is 5.75. The summed E-state index contributed by atoms with van der Waals surface area (Å²) >= 11 is 5.86. The molecule has 0 spiro atoms. The molecule has 0 saturated carbocycles. The molecule has 2 aromatic carbocycles. The number of para-hydroxylation sites is 1. The lowest BCUT2D eigenvalue weighted by Crippen LogP contribution is -2.31. The number of hydrogen-bond donors (Lipinski definition) is 2. The van der Waals surface area contributed by atoms with Crippen molar-refractivity contribution in [3.05, 3.63) is 58.4 Å². The predicted molar refractivity (Wildman–Crippen MR) is 116 cm³/mol. The molecule has 1 aromatic heterocycles. The Bertz CT molecular complexity index is 1080. The molecular weight excluding hydrogens is 389 g/mol. The number of anilines is 2. The normalized spacial score (nSPS) is 12.4. The number of benzene rings is 2. The first-order chi connectivity index (χ1) is 13.7. The van der Waals surface area contributed by atoms with Crippen molar-refractivity contribution in [3.8, 4) is 6.07 Å². The van der Waals surface area contributed by atoms with Crippen molar-refractivity contribution in [1.82, 2.24) is 9.97 Å². The summed E-state index contributed by atoms with van der Waals surface area (Å²) in [4.78, 5) is 9.10. The van der Waals surface area contributed by atoms with Crippen molar-refractivity contribution in [2.24, 2.45) is 5.41 Å². The van der Waals surface area contributed by atoms with E-state index in [1.807, 2.05) is 12.1 Å². The topological polar surface area (TPSA) is 73.6 Å². The first kappa shape index (κ1) is 20.8. The second-order valence-electron chi connectivity index (χ2n) is 8.01. The molecule has 0 aliphatic carbocycles. The summed E-state index contributed by atoms with van der Waals surface area (Å²) in [5.41, 5.74) is 1.41. The maximum absolute atomic E-state index is 14.2. The van der Waals surface area contributed by atoms with Gasteiger partial charge in [-0.15, -0.1) is 0 Å². The minimum Gasteiger partial charge on any atom is -0.366 e. The Balaban J connectivity index is 2.01. The number of hydrogen-bond acceptors (Lipinski definition) is 5. The van der Waals surface area contributed by atoms with E-state index in [2.05, 4.69) is 54.4 Å². The van der Waals surface area contributed by atoms with E-state index in [0.717, 1.165) is 5.39 Å². The van der Waals surface area contributed by atoms with E-state index in [0.29, 0.717) is 28.4 Å². The van der Waals surface area contributed by atoms with Crippen LogP contribution in [0.2, 0.25) is 5.02 Å². The van der Waals surface area contributed by atoms with Crippen molar-refractivity contribution in [2.45, 2.75) is 40.3 Å². The summed E-state index contributed by atoms with van der Waals surface area (Å²) in [6, 6.07) is 12.5. The number of halogens is 2. The molecule has 0 aliphatic heterocycles. The second kappa shape index (κ2) is 8.22. The van der Waals surface area contributed by atoms with Gasteiger partial charge < -0.3 is 10.6 Å². The Morgan fingerprint density at radius 2 is 1.90 bits per heavy atom. The molecule has 0 aliphatic rings. The molecule has 0 bridgehead atoms. The molecule has 150 valence electrons. The Morgan fingerprint density at radius 1 is 1.17 bits per heavy atom. The Hall–Kier alpha value is -2.91. The van der Waals surface area contributed by atoms with Crippen LogP contribution in [-0.2, 0) is 6.54 Å². The second-order valence-corrected chi connectivity index (χ2v) is 8.42. The lowest BCUT2D eigenvalue weighted by molar-refractivity contribution is 0.359. The van der Waals surface area contributed by atoms with Crippen LogP contribution in [0, 0.1) is 22.6 Å². The molecule has 1 unspecified atom stereocenters. The number of aromatic nitrogens is 2. The van der Waals surface area contributed by atoms with E-state index in [1.54, 1.807) is 18.2 Å². The van der Waals surface area contributed by atoms with Gasteiger partial charge in [0.2, 0.25) is 5.95 Å². The lowest BCUT2D eigenvalue weighted by atomic mass is 9.88. The fourth-order valence-corrected chi connectivity index (χ4v) is 2.91. The number of nitrogens with zero attached hydrogens (tertiary/aromatic N) is 3. The van der Waals surface area contributed by atoms with Crippen LogP contribution in [0.4, 0.5) is 16.2 Å². The Labute approximate surface area is 174 Å². The molecule has 0 amide bonds. The largest absolute Gasteiger partial charge is 0.366 e. The molecule has 7 heteroatoms. The third kappa shape index (κ3) is 4.57. The summed E-state index contributed by atoms with van der Waals surface area (Å²) < 4.78 is 14.2. The van der Waals surface area contributed by atoms with Gasteiger partial charge in [-0.1, -0.05) is 50.6 Å². The summed E-state index contributed by atoms with van der Waals surface area (Å²) in [5.74, 6) is 0.464. The van der Waals surface area contributed by atoms with Gasteiger partial charge in [0.15, 0.2) is 0 Å². The van der Waals surface area contributed by atoms with E-state index in [9.17, 15) is 9.65 Å². The third-order valence-corrected chi connectivity index (χ3v) is 5.26. The van der Waals surface area contributed by atoms with Crippen LogP contribution >= 0.6 is 11.6 Å². The fourth-order valence-electron chi connectivity index (χ4n) is 2.71. The third-order valence-electron chi connectivity index (χ3n) is 4.97. The van der Waals surface area contributed by atoms with Crippen LogP contribution < -0.4 is 10.6 Å². The standard InChI is InChI=1S/C22H23ClFN5/c1-13(22(2,3)4)27-20-16-9-5-7-14(11-25)19(16)28-21(29-20)26-12-15-8-6-10-17(23)18(15)24/h5-10,13H,12H2,1-4H3,(H2,26,27,28,29). The van der Waals surface area contributed by atoms with Gasteiger partial charge in [0.1, 0.15) is 17.7 Å². The van der Waals surface area contributed by atoms with Crippen molar-refractivity contribution in [2.75, 3.05) is 10.6 Å². The van der Waals surface area contributed by atoms with Gasteiger partial charge in [0.05, 0.1) is 16.1 Å². The molecule has 3 aromatic rings. The van der Waals surface area contributed by atoms with Crippen LogP contribution in [0.5, 0.6) is 0 Å². The van der Waals surface area contributed by atoms with E-state index in [4.69, 9.17) is 11.6 Å². The van der Waals surface area contributed by atoms with Gasteiger partial charge in [-0.3, -0.25) is 0 Å². The number of nitriles is 1. The van der Waals surface area contributed by atoms with Crippen LogP contribution in [0.3, 0.4) is 0 Å². The Morgan fingerprint density at radius 3 is 2.59 bits per heavy atom. The molecule has 0 fully saturated rings. The molecule has 0 radical (unpaired) electrons. The van der Waals surface area contributed by atoms with Crippen molar-refractivity contribution >= 4 is 34.3 Å². The average molecular weight is 412 g/mol. The first-order valence-electron chi connectivity index (χ1n) is 9.35. The van der Waals surface area contributed by atoms with Crippen LogP contribution in [0.1, 0.15) is 38.8 Å². The maximum Gasteiger partial charge on any atom is 0.225 e. The highest BCUT2D eigenvalue weighted by Gasteiger charge is 2.22. The van der Waals surface area contributed by atoms with Gasteiger partial charge in [-0.05, 0) is 30.5 Å². The zero-order valence-corrected chi connectivity index (χ0v) is 17.6. The fraction of sp³-hybridized carbons (Fsp3) is 0.318. The zero-order valence-electron chi connectivity index (χ0n) is 16.8. The first-order valence-corrected chi connectivity index (χ1v) is 9.72. The van der Waals surface area contributed by atoms with Crippen molar-refractivity contribution in [1.29, 1.82) is 5.26 Å². The summed E-state index contributed by atoms with van der Waals surface area (Å²) in [6.07, 6.45) is 0. The highest BCUT2D eigenvalue weighted by Crippen LogP contribution is 2.29. The van der Waals surface area contributed by atoms with E-state index in [1.165, 1.54) is 6.07 Å². The highest BCUT2D eigenvalue weighted by atomic mass is 35.5. The minimum atomic E-state index is -0.472. The monoisotopic (exact) mass is 411 g/mol. The van der Waals surface area contributed by atoms with Crippen LogP contribution in [0.15, 0.2) is 36.4 Å². The van der Waals surface area contributed by atoms with Crippen molar-refractivity contribution < 1.29 is 4.39 Å². The summed E-state index contributed by atoms with van der Waals surface area (Å²) in [7, 11) is 0. The molecule has 1 atom stereocenters. The van der Waals surface area contributed by atoms with E-state index >= 15 is 0 Å². The molecule has 3 rings (SSSR count). The highest BCUT2D eigenvalue weighted by molar-refractivity contribution is 6.30. The quantitative estimate of drug-likeness (QED) is 0.559. The molecule has 5 nitrogen and oxygen atoms in total. The number of nitrogens with one attached hydrogen (secondary N) is 2. The van der Waals surface area contributed by atoms with Gasteiger partial charge in [-0.25, -0.2) is 9.37 Å². The Kier molecular flexibility index (Phi) is 5.90. The minimum absolute atomic E-state index is 0.00161. The molecule has 29 heavy (non-hydrogen) atoms. The smallest absolute Gasteiger partial charge is 0.225 e. The van der Waals surface area contributed by atoms with Gasteiger partial charge in [0.25, 0.3) is 0 Å². The van der Waals surface area contributed by atoms with E-state index in [-0.39, 0.29) is 23.0 Å². The van der Waals surface area contributed by atoms with Crippen LogP contribution in [0.25, 0.3) is 10.9 Å². The summed E-state index contributed by atoms with van der Waals surface area (Å²) in [5, 5.41) is 16.8. The van der Waals surface area contributed by atoms with Gasteiger partial charge in [0, 0.05) is 23.5 Å². The van der Waals surface area contributed by atoms with Crippen molar-refractivity contribution in [3.63, 3.8) is 0 Å². The molecule has 1 heterocycles. The lowest BCUT2D eigenvalue weighted by Gasteiger charge is -2.29. The molecule has 0 saturated heterocycles. The average Bonchev–Trinajstić information content (AvgIpc) is 2.68. The zero-order chi connectivity index (χ0) is 21.2. The SMILES string of the molecule is CC(Nc1nc(NCc2cccc(Cl)c2F)nc2c(C#N)cccc12)C(C)(C)C. The van der Waals surface area contributed by atoms with Gasteiger partial charge >= 0.3 is 0 Å². The molecular formula is C22H23ClFN5. The van der Waals surface area contributed by atoms with Crippen LogP contribution in [-0.4, -0.2) is 16.0 Å². The summed E-state index contributed by atoms with van der Waals surface area (Å²) in [6.45, 7) is 8.65. The molecule has 2 N–H and O–H groups in total. The number of rotatable bonds is 5. The van der Waals surface area contributed by atoms with Gasteiger partial charge in [-0.2, -0.15) is 10.2 Å². The van der Waals surface area contributed by atoms with E-state index < -0.39 is 5.82 Å². The maximum atomic E-state index is 14.2. The number of fused-ring (bicyclic) bond motifs is 1.